The van der Waals surface area contributed by atoms with E-state index in [0.29, 0.717) is 11.8 Å². The van der Waals surface area contributed by atoms with Crippen LogP contribution in [0.25, 0.3) is 0 Å². The Morgan fingerprint density at radius 2 is 1.74 bits per heavy atom. The molecule has 1 N–H and O–H groups in total. The highest BCUT2D eigenvalue weighted by Gasteiger charge is 2.45. The van der Waals surface area contributed by atoms with Crippen LogP contribution in [0.2, 0.25) is 0 Å². The van der Waals surface area contributed by atoms with Gasteiger partial charge >= 0.3 is 0 Å². The third-order valence-electron chi connectivity index (χ3n) is 3.83. The molecular formula is C14H14BrF2NO. The summed E-state index contributed by atoms with van der Waals surface area (Å²) in [5.74, 6) is -0.499. The van der Waals surface area contributed by atoms with E-state index in [1.54, 1.807) is 0 Å². The molecule has 2 aliphatic carbocycles. The summed E-state index contributed by atoms with van der Waals surface area (Å²) < 4.78 is 27.1. The summed E-state index contributed by atoms with van der Waals surface area (Å²) in [6.07, 6.45) is 4.30. The lowest BCUT2D eigenvalue weighted by atomic mass is 9.97. The van der Waals surface area contributed by atoms with Gasteiger partial charge in [0.25, 0.3) is 0 Å². The average molecular weight is 330 g/mol. The second-order valence-electron chi connectivity index (χ2n) is 5.44. The van der Waals surface area contributed by atoms with Gasteiger partial charge in [-0.25, -0.2) is 8.78 Å². The molecule has 102 valence electrons. The monoisotopic (exact) mass is 329 g/mol. The van der Waals surface area contributed by atoms with Gasteiger partial charge in [-0.1, -0.05) is 0 Å². The van der Waals surface area contributed by atoms with Crippen LogP contribution in [0.1, 0.15) is 25.7 Å². The number of amides is 1. The van der Waals surface area contributed by atoms with E-state index in [1.807, 2.05) is 0 Å². The molecule has 2 fully saturated rings. The number of halogens is 3. The maximum Gasteiger partial charge on any atom is 0.228 e. The van der Waals surface area contributed by atoms with Crippen molar-refractivity contribution in [3.63, 3.8) is 0 Å². The van der Waals surface area contributed by atoms with Gasteiger partial charge in [0.15, 0.2) is 0 Å². The van der Waals surface area contributed by atoms with Crippen LogP contribution < -0.4 is 5.32 Å². The van der Waals surface area contributed by atoms with Gasteiger partial charge in [0.05, 0.1) is 10.2 Å². The minimum atomic E-state index is -0.619. The minimum Gasteiger partial charge on any atom is -0.323 e. The zero-order valence-electron chi connectivity index (χ0n) is 10.3. The van der Waals surface area contributed by atoms with Gasteiger partial charge in [-0.05, 0) is 59.5 Å². The lowest BCUT2D eigenvalue weighted by Gasteiger charge is -2.16. The van der Waals surface area contributed by atoms with E-state index >= 15 is 0 Å². The molecule has 2 nitrogen and oxygen atoms in total. The van der Waals surface area contributed by atoms with Crippen molar-refractivity contribution in [2.45, 2.75) is 25.7 Å². The van der Waals surface area contributed by atoms with Crippen LogP contribution in [-0.4, -0.2) is 5.91 Å². The van der Waals surface area contributed by atoms with Crippen LogP contribution in [0.15, 0.2) is 16.6 Å². The van der Waals surface area contributed by atoms with Crippen molar-refractivity contribution >= 4 is 27.5 Å². The zero-order valence-corrected chi connectivity index (χ0v) is 11.8. The summed E-state index contributed by atoms with van der Waals surface area (Å²) in [5.41, 5.74) is -0.0722. The Balaban J connectivity index is 1.76. The summed E-state index contributed by atoms with van der Waals surface area (Å²) >= 11 is 2.91. The van der Waals surface area contributed by atoms with Crippen molar-refractivity contribution in [2.24, 2.45) is 17.8 Å². The van der Waals surface area contributed by atoms with Crippen LogP contribution >= 0.6 is 15.9 Å². The molecule has 19 heavy (non-hydrogen) atoms. The molecule has 0 atom stereocenters. The first-order valence-corrected chi connectivity index (χ1v) is 7.31. The van der Waals surface area contributed by atoms with Crippen molar-refractivity contribution in [1.29, 1.82) is 0 Å². The molecular weight excluding hydrogens is 316 g/mol. The molecule has 1 amide bonds. The summed E-state index contributed by atoms with van der Waals surface area (Å²) in [5, 5.41) is 2.55. The Morgan fingerprint density at radius 3 is 2.26 bits per heavy atom. The van der Waals surface area contributed by atoms with E-state index < -0.39 is 11.6 Å². The molecule has 1 aromatic carbocycles. The third-order valence-corrected chi connectivity index (χ3v) is 4.44. The molecule has 2 aliphatic rings. The quantitative estimate of drug-likeness (QED) is 0.828. The van der Waals surface area contributed by atoms with Gasteiger partial charge in [-0.15, -0.1) is 0 Å². The fourth-order valence-electron chi connectivity index (χ4n) is 2.56. The van der Waals surface area contributed by atoms with Crippen molar-refractivity contribution in [2.75, 3.05) is 5.32 Å². The minimum absolute atomic E-state index is 0.0221. The number of anilines is 1. The Morgan fingerprint density at radius 1 is 1.16 bits per heavy atom. The van der Waals surface area contributed by atoms with Crippen molar-refractivity contribution in [3.05, 3.63) is 28.2 Å². The highest BCUT2D eigenvalue weighted by Crippen LogP contribution is 2.49. The Bertz CT molecular complexity index is 514. The summed E-state index contributed by atoms with van der Waals surface area (Å²) in [6, 6.07) is 2.06. The van der Waals surface area contributed by atoms with Gasteiger partial charge in [0, 0.05) is 12.0 Å². The first-order valence-electron chi connectivity index (χ1n) is 6.51. The van der Waals surface area contributed by atoms with E-state index in [4.69, 9.17) is 0 Å². The first-order chi connectivity index (χ1) is 9.06. The highest BCUT2D eigenvalue weighted by molar-refractivity contribution is 9.10. The number of nitrogens with one attached hydrogen (secondary N) is 1. The molecule has 0 bridgehead atoms. The SMILES string of the molecule is O=C(Nc1cc(F)c(Br)cc1F)C(C1CC1)C1CC1. The molecule has 2 saturated carbocycles. The molecule has 0 aromatic heterocycles. The normalized spacial score (nSPS) is 18.7. The third kappa shape index (κ3) is 2.81. The Labute approximate surface area is 118 Å². The van der Waals surface area contributed by atoms with Crippen molar-refractivity contribution < 1.29 is 13.6 Å². The molecule has 3 rings (SSSR count). The Hall–Kier alpha value is -0.970. The van der Waals surface area contributed by atoms with Gasteiger partial charge in [-0.2, -0.15) is 0 Å². The largest absolute Gasteiger partial charge is 0.323 e. The van der Waals surface area contributed by atoms with E-state index in [1.165, 1.54) is 0 Å². The van der Waals surface area contributed by atoms with Crippen LogP contribution in [-0.2, 0) is 4.79 Å². The number of rotatable bonds is 4. The van der Waals surface area contributed by atoms with Crippen LogP contribution in [0.4, 0.5) is 14.5 Å². The predicted octanol–water partition coefficient (Wildman–Crippen LogP) is 4.10. The van der Waals surface area contributed by atoms with E-state index in [-0.39, 0.29) is 22.0 Å². The van der Waals surface area contributed by atoms with Gasteiger partial charge in [0.2, 0.25) is 5.91 Å². The van der Waals surface area contributed by atoms with E-state index in [0.717, 1.165) is 37.8 Å². The molecule has 0 unspecified atom stereocenters. The topological polar surface area (TPSA) is 29.1 Å². The maximum absolute atomic E-state index is 13.7. The molecule has 0 aliphatic heterocycles. The fraction of sp³-hybridized carbons (Fsp3) is 0.500. The summed E-state index contributed by atoms with van der Waals surface area (Å²) in [6.45, 7) is 0. The number of carbonyl (C=O) groups excluding carboxylic acids is 1. The maximum atomic E-state index is 13.7. The molecule has 0 radical (unpaired) electrons. The smallest absolute Gasteiger partial charge is 0.228 e. The van der Waals surface area contributed by atoms with Crippen molar-refractivity contribution in [1.82, 2.24) is 0 Å². The lowest BCUT2D eigenvalue weighted by molar-refractivity contribution is -0.121. The predicted molar refractivity (Wildman–Crippen MR) is 71.6 cm³/mol. The first kappa shape index (κ1) is 13.0. The summed E-state index contributed by atoms with van der Waals surface area (Å²) in [4.78, 5) is 12.2. The fourth-order valence-corrected chi connectivity index (χ4v) is 2.87. The van der Waals surface area contributed by atoms with Gasteiger partial charge in [-0.3, -0.25) is 4.79 Å². The summed E-state index contributed by atoms with van der Waals surface area (Å²) in [7, 11) is 0. The van der Waals surface area contributed by atoms with Crippen LogP contribution in [0, 0.1) is 29.4 Å². The highest BCUT2D eigenvalue weighted by atomic mass is 79.9. The number of benzene rings is 1. The van der Waals surface area contributed by atoms with E-state index in [2.05, 4.69) is 21.2 Å². The van der Waals surface area contributed by atoms with Gasteiger partial charge in [0.1, 0.15) is 11.6 Å². The molecule has 0 saturated heterocycles. The van der Waals surface area contributed by atoms with E-state index in [9.17, 15) is 13.6 Å². The number of hydrogen-bond donors (Lipinski definition) is 1. The molecule has 0 spiro atoms. The molecule has 1 aromatic rings. The zero-order chi connectivity index (χ0) is 13.6. The second-order valence-corrected chi connectivity index (χ2v) is 6.29. The number of carbonyl (C=O) groups is 1. The van der Waals surface area contributed by atoms with Crippen LogP contribution in [0.5, 0.6) is 0 Å². The van der Waals surface area contributed by atoms with Crippen LogP contribution in [0.3, 0.4) is 0 Å². The van der Waals surface area contributed by atoms with Crippen molar-refractivity contribution in [3.8, 4) is 0 Å². The Kier molecular flexibility index (Phi) is 3.33. The molecule has 0 heterocycles. The number of hydrogen-bond acceptors (Lipinski definition) is 1. The standard InChI is InChI=1S/C14H14BrF2NO/c15-9-5-11(17)12(6-10(9)16)18-14(19)13(7-1-2-7)8-3-4-8/h5-8,13H,1-4H2,(H,18,19). The average Bonchev–Trinajstić information content (AvgIpc) is 3.20. The van der Waals surface area contributed by atoms with Gasteiger partial charge < -0.3 is 5.32 Å². The molecule has 5 heteroatoms. The lowest BCUT2D eigenvalue weighted by Crippen LogP contribution is -2.26. The second kappa shape index (κ2) is 4.85.